The van der Waals surface area contributed by atoms with Gasteiger partial charge in [-0.1, -0.05) is 65.4 Å². The molecule has 0 fully saturated rings. The van der Waals surface area contributed by atoms with E-state index in [1.165, 1.54) is 12.1 Å². The number of phenolic OH excluding ortho intramolecular Hbond substituents is 4. The molecule has 136 valence electrons. The Morgan fingerprint density at radius 2 is 0.920 bits per heavy atom. The summed E-state index contributed by atoms with van der Waals surface area (Å²) in [5, 5.41) is 40.8. The van der Waals surface area contributed by atoms with Crippen molar-refractivity contribution in [3.63, 3.8) is 0 Å². The van der Waals surface area contributed by atoms with Crippen molar-refractivity contribution in [2.45, 2.75) is 62.2 Å². The lowest BCUT2D eigenvalue weighted by Gasteiger charge is -2.27. The van der Waals surface area contributed by atoms with Crippen LogP contribution in [0.4, 0.5) is 0 Å². The Balaban J connectivity index is 2.73. The summed E-state index contributed by atoms with van der Waals surface area (Å²) >= 11 is 1.16. The van der Waals surface area contributed by atoms with Crippen molar-refractivity contribution in [2.75, 3.05) is 0 Å². The summed E-state index contributed by atoms with van der Waals surface area (Å²) < 4.78 is 0. The lowest BCUT2D eigenvalue weighted by molar-refractivity contribution is 0.388. The Morgan fingerprint density at radius 3 is 1.20 bits per heavy atom. The van der Waals surface area contributed by atoms with Gasteiger partial charge >= 0.3 is 0 Å². The summed E-state index contributed by atoms with van der Waals surface area (Å²) in [5.74, 6) is -0.875. The van der Waals surface area contributed by atoms with Gasteiger partial charge in [0.15, 0.2) is 23.0 Å². The molecule has 2 aromatic carbocycles. The summed E-state index contributed by atoms with van der Waals surface area (Å²) in [6, 6.07) is 6.47. The van der Waals surface area contributed by atoms with Crippen LogP contribution in [-0.4, -0.2) is 20.4 Å². The highest BCUT2D eigenvalue weighted by molar-refractivity contribution is 7.99. The van der Waals surface area contributed by atoms with E-state index in [1.54, 1.807) is 12.1 Å². The Morgan fingerprint density at radius 1 is 0.600 bits per heavy atom. The number of hydrogen-bond donors (Lipinski definition) is 4. The van der Waals surface area contributed by atoms with Crippen molar-refractivity contribution >= 4 is 11.8 Å². The molecule has 0 bridgehead atoms. The molecule has 25 heavy (non-hydrogen) atoms. The minimum atomic E-state index is -0.276. The maximum atomic E-state index is 10.4. The van der Waals surface area contributed by atoms with Crippen LogP contribution in [0.5, 0.6) is 23.0 Å². The number of hydrogen-bond acceptors (Lipinski definition) is 5. The fourth-order valence-electron chi connectivity index (χ4n) is 2.61. The van der Waals surface area contributed by atoms with E-state index >= 15 is 0 Å². The second kappa shape index (κ2) is 6.37. The zero-order valence-corrected chi connectivity index (χ0v) is 16.3. The summed E-state index contributed by atoms with van der Waals surface area (Å²) in [6.45, 7) is 12.1. The quantitative estimate of drug-likeness (QED) is 0.548. The van der Waals surface area contributed by atoms with E-state index in [4.69, 9.17) is 0 Å². The highest BCUT2D eigenvalue weighted by atomic mass is 32.2. The minimum Gasteiger partial charge on any atom is -0.504 e. The van der Waals surface area contributed by atoms with Crippen LogP contribution >= 0.6 is 11.8 Å². The highest BCUT2D eigenvalue weighted by Crippen LogP contribution is 2.51. The van der Waals surface area contributed by atoms with E-state index in [1.807, 2.05) is 41.5 Å². The molecular weight excluding hydrogens is 336 g/mol. The summed E-state index contributed by atoms with van der Waals surface area (Å²) in [5.41, 5.74) is 1.13. The molecule has 0 saturated heterocycles. The Bertz CT molecular complexity index is 731. The second-order valence-electron chi connectivity index (χ2n) is 8.22. The molecule has 4 nitrogen and oxygen atoms in total. The van der Waals surface area contributed by atoms with Crippen molar-refractivity contribution in [1.29, 1.82) is 0 Å². The molecular formula is C20H26O4S. The predicted molar refractivity (Wildman–Crippen MR) is 101 cm³/mol. The van der Waals surface area contributed by atoms with Crippen molar-refractivity contribution in [3.05, 3.63) is 35.4 Å². The summed E-state index contributed by atoms with van der Waals surface area (Å²) in [4.78, 5) is 0.942. The van der Waals surface area contributed by atoms with E-state index in [-0.39, 0.29) is 33.8 Å². The number of rotatable bonds is 2. The summed E-state index contributed by atoms with van der Waals surface area (Å²) in [6.07, 6.45) is 0. The zero-order valence-electron chi connectivity index (χ0n) is 15.5. The molecule has 0 aromatic heterocycles. The van der Waals surface area contributed by atoms with Gasteiger partial charge in [0.1, 0.15) is 0 Å². The van der Waals surface area contributed by atoms with Gasteiger partial charge in [-0.15, -0.1) is 0 Å². The van der Waals surface area contributed by atoms with E-state index in [0.717, 1.165) is 22.9 Å². The maximum absolute atomic E-state index is 10.4. The van der Waals surface area contributed by atoms with Crippen LogP contribution in [0, 0.1) is 0 Å². The SMILES string of the molecule is CC(C)(C)c1ccc(O)c(O)c1Sc1c(C(C)(C)C)ccc(O)c1O. The molecule has 0 aliphatic carbocycles. The first-order valence-corrected chi connectivity index (χ1v) is 8.94. The van der Waals surface area contributed by atoms with Gasteiger partial charge in [-0.2, -0.15) is 0 Å². The third-order valence-corrected chi connectivity index (χ3v) is 5.28. The van der Waals surface area contributed by atoms with Gasteiger partial charge in [-0.05, 0) is 34.1 Å². The molecule has 5 heteroatoms. The molecule has 0 heterocycles. The van der Waals surface area contributed by atoms with E-state index in [9.17, 15) is 20.4 Å². The van der Waals surface area contributed by atoms with Gasteiger partial charge in [0.25, 0.3) is 0 Å². The van der Waals surface area contributed by atoms with Gasteiger partial charge in [0, 0.05) is 0 Å². The molecule has 0 saturated carbocycles. The molecule has 4 N–H and O–H groups in total. The van der Waals surface area contributed by atoms with Gasteiger partial charge < -0.3 is 20.4 Å². The van der Waals surface area contributed by atoms with Crippen LogP contribution in [-0.2, 0) is 10.8 Å². The molecule has 0 aliphatic rings. The number of aromatic hydroxyl groups is 4. The van der Waals surface area contributed by atoms with Crippen LogP contribution in [0.1, 0.15) is 52.7 Å². The molecule has 0 aliphatic heterocycles. The van der Waals surface area contributed by atoms with Gasteiger partial charge in [-0.3, -0.25) is 0 Å². The Kier molecular flexibility index (Phi) is 4.92. The zero-order chi connectivity index (χ0) is 19.2. The highest BCUT2D eigenvalue weighted by Gasteiger charge is 2.28. The topological polar surface area (TPSA) is 80.9 Å². The van der Waals surface area contributed by atoms with Crippen LogP contribution in [0.3, 0.4) is 0 Å². The van der Waals surface area contributed by atoms with Crippen molar-refractivity contribution in [1.82, 2.24) is 0 Å². The van der Waals surface area contributed by atoms with Crippen molar-refractivity contribution < 1.29 is 20.4 Å². The molecule has 0 radical (unpaired) electrons. The van der Waals surface area contributed by atoms with E-state index < -0.39 is 0 Å². The van der Waals surface area contributed by atoms with Gasteiger partial charge in [0.05, 0.1) is 9.79 Å². The average molecular weight is 362 g/mol. The fraction of sp³-hybridized carbons (Fsp3) is 0.400. The monoisotopic (exact) mass is 362 g/mol. The third-order valence-electron chi connectivity index (χ3n) is 4.04. The van der Waals surface area contributed by atoms with Gasteiger partial charge in [-0.25, -0.2) is 0 Å². The van der Waals surface area contributed by atoms with Crippen LogP contribution < -0.4 is 0 Å². The normalized spacial score (nSPS) is 12.4. The predicted octanol–water partition coefficient (Wildman–Crippen LogP) is 5.26. The van der Waals surface area contributed by atoms with Crippen LogP contribution in [0.2, 0.25) is 0 Å². The smallest absolute Gasteiger partial charge is 0.171 e. The largest absolute Gasteiger partial charge is 0.504 e. The molecule has 0 atom stereocenters. The summed E-state index contributed by atoms with van der Waals surface area (Å²) in [7, 11) is 0. The number of benzene rings is 2. The Hall–Kier alpha value is -2.01. The maximum Gasteiger partial charge on any atom is 0.171 e. The molecule has 2 aromatic rings. The van der Waals surface area contributed by atoms with Crippen molar-refractivity contribution in [2.24, 2.45) is 0 Å². The standard InChI is InChI=1S/C20H26O4S/c1-19(2,3)11-7-9-13(21)15(23)17(11)25-18-12(20(4,5)6)8-10-14(22)16(18)24/h7-10,21-24H,1-6H3. The number of phenols is 4. The average Bonchev–Trinajstić information content (AvgIpc) is 2.46. The first-order chi connectivity index (χ1) is 11.3. The molecule has 2 rings (SSSR count). The Labute approximate surface area is 153 Å². The molecule has 0 spiro atoms. The van der Waals surface area contributed by atoms with E-state index in [0.29, 0.717) is 9.79 Å². The fourth-order valence-corrected chi connectivity index (χ4v) is 4.19. The third kappa shape index (κ3) is 3.82. The van der Waals surface area contributed by atoms with Crippen molar-refractivity contribution in [3.8, 4) is 23.0 Å². The molecule has 0 amide bonds. The lowest BCUT2D eigenvalue weighted by atomic mass is 9.86. The van der Waals surface area contributed by atoms with Crippen LogP contribution in [0.25, 0.3) is 0 Å². The molecule has 0 unspecified atom stereocenters. The first-order valence-electron chi connectivity index (χ1n) is 8.12. The van der Waals surface area contributed by atoms with Gasteiger partial charge in [0.2, 0.25) is 0 Å². The van der Waals surface area contributed by atoms with E-state index in [2.05, 4.69) is 0 Å². The first kappa shape index (κ1) is 19.3. The van der Waals surface area contributed by atoms with Crippen LogP contribution in [0.15, 0.2) is 34.1 Å². The lowest BCUT2D eigenvalue weighted by Crippen LogP contribution is -2.14. The minimum absolute atomic E-state index is 0.215. The second-order valence-corrected chi connectivity index (χ2v) is 9.24.